The van der Waals surface area contributed by atoms with Crippen LogP contribution in [-0.2, 0) is 22.5 Å². The van der Waals surface area contributed by atoms with Crippen molar-refractivity contribution < 1.29 is 19.1 Å². The number of amides is 2. The monoisotopic (exact) mass is 443 g/mol. The van der Waals surface area contributed by atoms with Crippen LogP contribution in [0.25, 0.3) is 22.0 Å². The normalized spacial score (nSPS) is 15.9. The molecule has 0 atom stereocenters. The Morgan fingerprint density at radius 2 is 1.79 bits per heavy atom. The first-order valence-corrected chi connectivity index (χ1v) is 11.2. The molecule has 7 heteroatoms. The van der Waals surface area contributed by atoms with E-state index in [9.17, 15) is 14.4 Å². The zero-order valence-electron chi connectivity index (χ0n) is 18.5. The second-order valence-electron chi connectivity index (χ2n) is 8.49. The van der Waals surface area contributed by atoms with Crippen LogP contribution in [0.4, 0.5) is 0 Å². The highest BCUT2D eigenvalue weighted by Crippen LogP contribution is 2.35. The van der Waals surface area contributed by atoms with E-state index < -0.39 is 0 Å². The smallest absolute Gasteiger partial charge is 0.254 e. The van der Waals surface area contributed by atoms with Gasteiger partial charge in [0.25, 0.3) is 5.91 Å². The van der Waals surface area contributed by atoms with Gasteiger partial charge in [-0.15, -0.1) is 0 Å². The number of benzene rings is 2. The van der Waals surface area contributed by atoms with Crippen molar-refractivity contribution in [3.05, 3.63) is 64.8 Å². The predicted molar refractivity (Wildman–Crippen MR) is 124 cm³/mol. The van der Waals surface area contributed by atoms with E-state index in [0.717, 1.165) is 41.3 Å². The number of aldehydes is 1. The van der Waals surface area contributed by atoms with Crippen molar-refractivity contribution in [2.75, 3.05) is 32.8 Å². The summed E-state index contributed by atoms with van der Waals surface area (Å²) in [5.41, 5.74) is 5.63. The molecule has 1 fully saturated rings. The lowest BCUT2D eigenvalue weighted by molar-refractivity contribution is -0.129. The van der Waals surface area contributed by atoms with Gasteiger partial charge in [0.15, 0.2) is 6.29 Å². The standard InChI is InChI=1S/C26H25N3O4/c1-17(31)29-9-8-18-2-3-19(14-20(18)15-29)25-22-5-4-21(16-30)27-24(22)7-6-23(25)26(32)28-10-12-33-13-11-28/h2-7,14,16H,8-13,15H2,1H3. The van der Waals surface area contributed by atoms with E-state index in [1.54, 1.807) is 25.1 Å². The maximum Gasteiger partial charge on any atom is 0.254 e. The number of hydrogen-bond donors (Lipinski definition) is 0. The summed E-state index contributed by atoms with van der Waals surface area (Å²) >= 11 is 0. The first-order valence-electron chi connectivity index (χ1n) is 11.2. The fourth-order valence-corrected chi connectivity index (χ4v) is 4.69. The van der Waals surface area contributed by atoms with Gasteiger partial charge in [-0.2, -0.15) is 0 Å². The average molecular weight is 444 g/mol. The number of carbonyl (C=O) groups excluding carboxylic acids is 3. The Balaban J connectivity index is 1.67. The van der Waals surface area contributed by atoms with Gasteiger partial charge < -0.3 is 14.5 Å². The minimum absolute atomic E-state index is 0.0438. The molecule has 1 aromatic heterocycles. The van der Waals surface area contributed by atoms with Gasteiger partial charge >= 0.3 is 0 Å². The summed E-state index contributed by atoms with van der Waals surface area (Å²) in [4.78, 5) is 44.9. The van der Waals surface area contributed by atoms with Gasteiger partial charge in [0, 0.05) is 49.6 Å². The van der Waals surface area contributed by atoms with E-state index in [1.165, 1.54) is 5.56 Å². The lowest BCUT2D eigenvalue weighted by Crippen LogP contribution is -2.40. The molecule has 5 rings (SSSR count). The summed E-state index contributed by atoms with van der Waals surface area (Å²) in [5, 5.41) is 0.818. The number of fused-ring (bicyclic) bond motifs is 2. The molecule has 0 unspecified atom stereocenters. The molecule has 3 aromatic rings. The Labute approximate surface area is 192 Å². The first-order chi connectivity index (χ1) is 16.0. The second kappa shape index (κ2) is 8.75. The number of nitrogens with zero attached hydrogens (tertiary/aromatic N) is 3. The van der Waals surface area contributed by atoms with Crippen LogP contribution in [0.5, 0.6) is 0 Å². The molecular formula is C26H25N3O4. The highest BCUT2D eigenvalue weighted by atomic mass is 16.5. The third kappa shape index (κ3) is 4.00. The summed E-state index contributed by atoms with van der Waals surface area (Å²) < 4.78 is 5.42. The average Bonchev–Trinajstić information content (AvgIpc) is 2.87. The largest absolute Gasteiger partial charge is 0.378 e. The molecule has 168 valence electrons. The first kappa shape index (κ1) is 21.3. The Morgan fingerprint density at radius 1 is 0.970 bits per heavy atom. The van der Waals surface area contributed by atoms with Gasteiger partial charge in [-0.3, -0.25) is 14.4 Å². The van der Waals surface area contributed by atoms with Crippen molar-refractivity contribution in [1.82, 2.24) is 14.8 Å². The lowest BCUT2D eigenvalue weighted by atomic mass is 9.90. The van der Waals surface area contributed by atoms with Crippen LogP contribution in [0.3, 0.4) is 0 Å². The van der Waals surface area contributed by atoms with Crippen molar-refractivity contribution in [1.29, 1.82) is 0 Å². The van der Waals surface area contributed by atoms with E-state index in [2.05, 4.69) is 17.1 Å². The van der Waals surface area contributed by atoms with E-state index >= 15 is 0 Å². The van der Waals surface area contributed by atoms with Gasteiger partial charge in [-0.25, -0.2) is 4.98 Å². The third-order valence-corrected chi connectivity index (χ3v) is 6.49. The number of carbonyl (C=O) groups is 3. The molecule has 1 saturated heterocycles. The molecule has 0 bridgehead atoms. The molecule has 33 heavy (non-hydrogen) atoms. The lowest BCUT2D eigenvalue weighted by Gasteiger charge is -2.29. The number of morpholine rings is 1. The summed E-state index contributed by atoms with van der Waals surface area (Å²) in [5.74, 6) is 0.0164. The number of ether oxygens (including phenoxy) is 1. The SMILES string of the molecule is CC(=O)N1CCc2ccc(-c3c(C(=O)N4CCOCC4)ccc4nc(C=O)ccc34)cc2C1. The van der Waals surface area contributed by atoms with Crippen LogP contribution in [-0.4, -0.2) is 65.7 Å². The Morgan fingerprint density at radius 3 is 2.55 bits per heavy atom. The van der Waals surface area contributed by atoms with E-state index in [4.69, 9.17) is 4.74 Å². The minimum atomic E-state index is -0.0438. The van der Waals surface area contributed by atoms with Crippen LogP contribution < -0.4 is 0 Å². The summed E-state index contributed by atoms with van der Waals surface area (Å²) in [6.45, 7) is 5.03. The molecule has 7 nitrogen and oxygen atoms in total. The van der Waals surface area contributed by atoms with E-state index in [-0.39, 0.29) is 11.8 Å². The molecular weight excluding hydrogens is 418 g/mol. The Kier molecular flexibility index (Phi) is 5.64. The summed E-state index contributed by atoms with van der Waals surface area (Å²) in [7, 11) is 0. The maximum absolute atomic E-state index is 13.5. The van der Waals surface area contributed by atoms with Crippen LogP contribution in [0.1, 0.15) is 38.9 Å². The molecule has 3 heterocycles. The van der Waals surface area contributed by atoms with Crippen molar-refractivity contribution in [2.45, 2.75) is 19.9 Å². The summed E-state index contributed by atoms with van der Waals surface area (Å²) in [6, 6.07) is 13.4. The fraction of sp³-hybridized carbons (Fsp3) is 0.308. The predicted octanol–water partition coefficient (Wildman–Crippen LogP) is 3.09. The van der Waals surface area contributed by atoms with Gasteiger partial charge in [0.1, 0.15) is 5.69 Å². The molecule has 0 saturated carbocycles. The van der Waals surface area contributed by atoms with Crippen LogP contribution in [0, 0.1) is 0 Å². The van der Waals surface area contributed by atoms with Crippen LogP contribution >= 0.6 is 0 Å². The molecule has 0 radical (unpaired) electrons. The molecule has 2 aromatic carbocycles. The Hall–Kier alpha value is -3.58. The number of rotatable bonds is 3. The van der Waals surface area contributed by atoms with E-state index in [1.807, 2.05) is 21.9 Å². The van der Waals surface area contributed by atoms with Gasteiger partial charge in [0.2, 0.25) is 5.91 Å². The van der Waals surface area contributed by atoms with Crippen molar-refractivity contribution in [3.8, 4) is 11.1 Å². The molecule has 0 aliphatic carbocycles. The number of aromatic nitrogens is 1. The van der Waals surface area contributed by atoms with Crippen LogP contribution in [0.15, 0.2) is 42.5 Å². The number of pyridine rings is 1. The highest BCUT2D eigenvalue weighted by molar-refractivity contribution is 6.09. The molecule has 0 spiro atoms. The Bertz CT molecular complexity index is 1260. The van der Waals surface area contributed by atoms with Crippen molar-refractivity contribution in [2.24, 2.45) is 0 Å². The quantitative estimate of drug-likeness (QED) is 0.581. The molecule has 2 aliphatic rings. The molecule has 2 amide bonds. The summed E-state index contributed by atoms with van der Waals surface area (Å²) in [6.07, 6.45) is 1.54. The zero-order chi connectivity index (χ0) is 22.9. The number of hydrogen-bond acceptors (Lipinski definition) is 5. The zero-order valence-corrected chi connectivity index (χ0v) is 18.5. The third-order valence-electron chi connectivity index (χ3n) is 6.49. The second-order valence-corrected chi connectivity index (χ2v) is 8.49. The topological polar surface area (TPSA) is 79.8 Å². The van der Waals surface area contributed by atoms with Crippen molar-refractivity contribution >= 4 is 29.0 Å². The maximum atomic E-state index is 13.5. The van der Waals surface area contributed by atoms with Gasteiger partial charge in [0.05, 0.1) is 18.7 Å². The fourth-order valence-electron chi connectivity index (χ4n) is 4.69. The minimum Gasteiger partial charge on any atom is -0.378 e. The van der Waals surface area contributed by atoms with Crippen LogP contribution in [0.2, 0.25) is 0 Å². The highest BCUT2D eigenvalue weighted by Gasteiger charge is 2.25. The van der Waals surface area contributed by atoms with E-state index in [0.29, 0.717) is 49.6 Å². The molecule has 0 N–H and O–H groups in total. The van der Waals surface area contributed by atoms with Gasteiger partial charge in [-0.1, -0.05) is 12.1 Å². The molecule has 2 aliphatic heterocycles. The van der Waals surface area contributed by atoms with Gasteiger partial charge in [-0.05, 0) is 53.4 Å². The van der Waals surface area contributed by atoms with Crippen molar-refractivity contribution in [3.63, 3.8) is 0 Å².